The van der Waals surface area contributed by atoms with Crippen LogP contribution < -0.4 is 4.74 Å². The number of piperazine rings is 1. The first-order chi connectivity index (χ1) is 14.3. The zero-order valence-electron chi connectivity index (χ0n) is 17.7. The van der Waals surface area contributed by atoms with Crippen LogP contribution in [0, 0.1) is 6.92 Å². The standard InChI is InChI=1S/C22H29N3O4S/c1-18-9-10-20(29-3)21(15-18)30(27,28)25(16-19-7-5-4-6-8-19)17-22(26)24-13-11-23(2)12-14-24/h4-10,15H,11-14,16-17H2,1-3H3. The minimum absolute atomic E-state index is 0.0760. The first-order valence-corrected chi connectivity index (χ1v) is 11.4. The van der Waals surface area contributed by atoms with Gasteiger partial charge in [-0.3, -0.25) is 4.79 Å². The van der Waals surface area contributed by atoms with Gasteiger partial charge in [0.1, 0.15) is 10.6 Å². The van der Waals surface area contributed by atoms with E-state index in [-0.39, 0.29) is 29.6 Å². The number of carbonyl (C=O) groups is 1. The monoisotopic (exact) mass is 431 g/mol. The molecule has 0 radical (unpaired) electrons. The van der Waals surface area contributed by atoms with Gasteiger partial charge in [0.15, 0.2) is 0 Å². The molecule has 0 bridgehead atoms. The molecule has 0 N–H and O–H groups in total. The van der Waals surface area contributed by atoms with E-state index in [1.54, 1.807) is 23.1 Å². The van der Waals surface area contributed by atoms with Crippen LogP contribution in [0.4, 0.5) is 0 Å². The summed E-state index contributed by atoms with van der Waals surface area (Å²) in [5, 5.41) is 0. The molecule has 7 nitrogen and oxygen atoms in total. The Labute approximate surface area is 178 Å². The second-order valence-corrected chi connectivity index (χ2v) is 9.50. The van der Waals surface area contributed by atoms with Crippen LogP contribution >= 0.6 is 0 Å². The van der Waals surface area contributed by atoms with Gasteiger partial charge in [0.25, 0.3) is 0 Å². The van der Waals surface area contributed by atoms with Crippen molar-refractivity contribution in [2.75, 3.05) is 46.9 Å². The van der Waals surface area contributed by atoms with E-state index >= 15 is 0 Å². The van der Waals surface area contributed by atoms with Crippen molar-refractivity contribution in [2.24, 2.45) is 0 Å². The van der Waals surface area contributed by atoms with Crippen LogP contribution in [0.2, 0.25) is 0 Å². The summed E-state index contributed by atoms with van der Waals surface area (Å²) in [4.78, 5) is 16.9. The molecule has 1 aliphatic heterocycles. The highest BCUT2D eigenvalue weighted by Gasteiger charge is 2.31. The number of amides is 1. The topological polar surface area (TPSA) is 70.2 Å². The van der Waals surface area contributed by atoms with E-state index < -0.39 is 10.0 Å². The van der Waals surface area contributed by atoms with Gasteiger partial charge in [0.2, 0.25) is 15.9 Å². The highest BCUT2D eigenvalue weighted by Crippen LogP contribution is 2.29. The first-order valence-electron chi connectivity index (χ1n) is 9.96. The Hall–Kier alpha value is -2.42. The summed E-state index contributed by atoms with van der Waals surface area (Å²) in [6.45, 7) is 4.49. The van der Waals surface area contributed by atoms with Crippen LogP contribution in [0.1, 0.15) is 11.1 Å². The van der Waals surface area contributed by atoms with E-state index in [2.05, 4.69) is 4.90 Å². The molecule has 1 fully saturated rings. The average Bonchev–Trinajstić information content (AvgIpc) is 2.74. The number of benzene rings is 2. The molecule has 0 unspecified atom stereocenters. The van der Waals surface area contributed by atoms with Crippen molar-refractivity contribution in [3.63, 3.8) is 0 Å². The van der Waals surface area contributed by atoms with E-state index in [0.717, 1.165) is 24.2 Å². The smallest absolute Gasteiger partial charge is 0.247 e. The summed E-state index contributed by atoms with van der Waals surface area (Å²) < 4.78 is 33.8. The van der Waals surface area contributed by atoms with Gasteiger partial charge >= 0.3 is 0 Å². The molecule has 3 rings (SSSR count). The normalized spacial score (nSPS) is 15.4. The third kappa shape index (κ3) is 5.19. The van der Waals surface area contributed by atoms with Crippen molar-refractivity contribution in [1.82, 2.24) is 14.1 Å². The molecule has 1 saturated heterocycles. The molecule has 0 saturated carbocycles. The molecular formula is C22H29N3O4S. The fourth-order valence-corrected chi connectivity index (χ4v) is 5.06. The van der Waals surface area contributed by atoms with Gasteiger partial charge in [-0.2, -0.15) is 4.31 Å². The van der Waals surface area contributed by atoms with E-state index in [0.29, 0.717) is 13.1 Å². The largest absolute Gasteiger partial charge is 0.495 e. The van der Waals surface area contributed by atoms with Gasteiger partial charge in [-0.15, -0.1) is 0 Å². The fraction of sp³-hybridized carbons (Fsp3) is 0.409. The number of hydrogen-bond acceptors (Lipinski definition) is 5. The number of ether oxygens (including phenoxy) is 1. The summed E-state index contributed by atoms with van der Waals surface area (Å²) >= 11 is 0. The van der Waals surface area contributed by atoms with Gasteiger partial charge < -0.3 is 14.5 Å². The maximum atomic E-state index is 13.6. The van der Waals surface area contributed by atoms with Gasteiger partial charge in [-0.25, -0.2) is 8.42 Å². The van der Waals surface area contributed by atoms with Crippen LogP contribution in [0.15, 0.2) is 53.4 Å². The zero-order valence-corrected chi connectivity index (χ0v) is 18.6. The van der Waals surface area contributed by atoms with Crippen molar-refractivity contribution in [1.29, 1.82) is 0 Å². The van der Waals surface area contributed by atoms with Crippen molar-refractivity contribution in [2.45, 2.75) is 18.4 Å². The summed E-state index contributed by atoms with van der Waals surface area (Å²) in [5.41, 5.74) is 1.62. The van der Waals surface area contributed by atoms with Gasteiger partial charge in [-0.1, -0.05) is 36.4 Å². The van der Waals surface area contributed by atoms with E-state index in [1.165, 1.54) is 11.4 Å². The fourth-order valence-electron chi connectivity index (χ4n) is 3.44. The zero-order chi connectivity index (χ0) is 21.7. The van der Waals surface area contributed by atoms with Crippen molar-refractivity contribution >= 4 is 15.9 Å². The van der Waals surface area contributed by atoms with E-state index in [9.17, 15) is 13.2 Å². The third-order valence-corrected chi connectivity index (χ3v) is 7.12. The summed E-state index contributed by atoms with van der Waals surface area (Å²) in [7, 11) is -0.502. The Kier molecular flexibility index (Phi) is 7.12. The predicted octanol–water partition coefficient (Wildman–Crippen LogP) is 1.97. The molecule has 8 heteroatoms. The molecule has 0 atom stereocenters. The number of sulfonamides is 1. The Morgan fingerprint density at radius 3 is 2.37 bits per heavy atom. The molecular weight excluding hydrogens is 402 g/mol. The number of aryl methyl sites for hydroxylation is 1. The summed E-state index contributed by atoms with van der Waals surface area (Å²) in [6.07, 6.45) is 0. The van der Waals surface area contributed by atoms with Gasteiger partial charge in [-0.05, 0) is 37.2 Å². The molecule has 1 aliphatic rings. The average molecular weight is 432 g/mol. The highest BCUT2D eigenvalue weighted by molar-refractivity contribution is 7.89. The van der Waals surface area contributed by atoms with Crippen LogP contribution in [0.5, 0.6) is 5.75 Å². The number of rotatable bonds is 7. The SMILES string of the molecule is COc1ccc(C)cc1S(=O)(=O)N(CC(=O)N1CCN(C)CC1)Cc1ccccc1. The number of hydrogen-bond donors (Lipinski definition) is 0. The molecule has 1 heterocycles. The second kappa shape index (κ2) is 9.59. The molecule has 0 aliphatic carbocycles. The number of nitrogens with zero attached hydrogens (tertiary/aromatic N) is 3. The maximum Gasteiger partial charge on any atom is 0.247 e. The van der Waals surface area contributed by atoms with Crippen LogP contribution in [0.3, 0.4) is 0 Å². The number of carbonyl (C=O) groups excluding carboxylic acids is 1. The predicted molar refractivity (Wildman–Crippen MR) is 116 cm³/mol. The van der Waals surface area contributed by atoms with Crippen LogP contribution in [-0.4, -0.2) is 75.3 Å². The van der Waals surface area contributed by atoms with Gasteiger partial charge in [0, 0.05) is 32.7 Å². The number of likely N-dealkylation sites (N-methyl/N-ethyl adjacent to an activating group) is 1. The lowest BCUT2D eigenvalue weighted by molar-refractivity contribution is -0.133. The Morgan fingerprint density at radius 1 is 1.07 bits per heavy atom. The Balaban J connectivity index is 1.92. The number of methoxy groups -OCH3 is 1. The molecule has 30 heavy (non-hydrogen) atoms. The molecule has 1 amide bonds. The molecule has 162 valence electrons. The maximum absolute atomic E-state index is 13.6. The lowest BCUT2D eigenvalue weighted by Gasteiger charge is -2.34. The Morgan fingerprint density at radius 2 is 1.73 bits per heavy atom. The van der Waals surface area contributed by atoms with Gasteiger partial charge in [0.05, 0.1) is 13.7 Å². The summed E-state index contributed by atoms with van der Waals surface area (Å²) in [5.74, 6) is 0.0833. The minimum Gasteiger partial charge on any atom is -0.495 e. The van der Waals surface area contributed by atoms with E-state index in [1.807, 2.05) is 44.3 Å². The van der Waals surface area contributed by atoms with Crippen LogP contribution in [0.25, 0.3) is 0 Å². The van der Waals surface area contributed by atoms with Crippen LogP contribution in [-0.2, 0) is 21.4 Å². The quantitative estimate of drug-likeness (QED) is 0.670. The van der Waals surface area contributed by atoms with Crippen molar-refractivity contribution in [3.05, 3.63) is 59.7 Å². The first kappa shape index (κ1) is 22.3. The molecule has 2 aromatic carbocycles. The Bertz CT molecular complexity index is 971. The molecule has 2 aromatic rings. The van der Waals surface area contributed by atoms with Crippen molar-refractivity contribution in [3.8, 4) is 5.75 Å². The lowest BCUT2D eigenvalue weighted by Crippen LogP contribution is -2.50. The van der Waals surface area contributed by atoms with Crippen molar-refractivity contribution < 1.29 is 17.9 Å². The minimum atomic E-state index is -3.96. The second-order valence-electron chi connectivity index (χ2n) is 7.60. The third-order valence-electron chi connectivity index (χ3n) is 5.31. The van der Waals surface area contributed by atoms with E-state index in [4.69, 9.17) is 4.74 Å². The molecule has 0 aromatic heterocycles. The molecule has 0 spiro atoms. The summed E-state index contributed by atoms with van der Waals surface area (Å²) in [6, 6.07) is 14.3. The highest BCUT2D eigenvalue weighted by atomic mass is 32.2. The lowest BCUT2D eigenvalue weighted by atomic mass is 10.2.